The summed E-state index contributed by atoms with van der Waals surface area (Å²) < 4.78 is 5.43. The lowest BCUT2D eigenvalue weighted by Gasteiger charge is -2.28. The van der Waals surface area contributed by atoms with Crippen molar-refractivity contribution in [1.82, 2.24) is 19.9 Å². The number of nitrogens with zero attached hydrogens (tertiary/aromatic N) is 5. The number of hydrogen-bond donors (Lipinski definition) is 0. The van der Waals surface area contributed by atoms with Crippen LogP contribution in [0.25, 0.3) is 11.0 Å². The van der Waals surface area contributed by atoms with Crippen LogP contribution < -0.4 is 4.90 Å². The molecule has 1 fully saturated rings. The Bertz CT molecular complexity index is 889. The Morgan fingerprint density at radius 1 is 1.04 bits per heavy atom. The van der Waals surface area contributed by atoms with Gasteiger partial charge >= 0.3 is 0 Å². The first kappa shape index (κ1) is 17.5. The molecule has 0 bridgehead atoms. The maximum Gasteiger partial charge on any atom is 0.225 e. The molecule has 2 aromatic heterocycles. The Morgan fingerprint density at radius 2 is 1.85 bits per heavy atom. The summed E-state index contributed by atoms with van der Waals surface area (Å²) in [5.41, 5.74) is 2.76. The van der Waals surface area contributed by atoms with Crippen LogP contribution in [0.4, 0.5) is 5.82 Å². The highest BCUT2D eigenvalue weighted by Gasteiger charge is 2.20. The molecule has 3 heterocycles. The topological polar surface area (TPSA) is 64.0 Å². The third-order valence-electron chi connectivity index (χ3n) is 4.19. The van der Waals surface area contributed by atoms with Gasteiger partial charge < -0.3 is 9.64 Å². The fourth-order valence-corrected chi connectivity index (χ4v) is 3.99. The van der Waals surface area contributed by atoms with Gasteiger partial charge in [-0.05, 0) is 23.6 Å². The van der Waals surface area contributed by atoms with Gasteiger partial charge in [0.1, 0.15) is 22.4 Å². The Kier molecular flexibility index (Phi) is 5.48. The third kappa shape index (κ3) is 3.90. The molecule has 134 valence electrons. The van der Waals surface area contributed by atoms with Crippen molar-refractivity contribution in [1.29, 1.82) is 0 Å². The number of ether oxygens (including phenoxy) is 1. The van der Waals surface area contributed by atoms with Crippen molar-refractivity contribution in [3.8, 4) is 0 Å². The molecule has 3 aromatic rings. The first-order valence-electron chi connectivity index (χ1n) is 8.49. The first-order valence-corrected chi connectivity index (χ1v) is 9.85. The molecule has 0 unspecified atom stereocenters. The average Bonchev–Trinajstić information content (AvgIpc) is 2.69. The second-order valence-electron chi connectivity index (χ2n) is 5.88. The molecule has 1 aromatic carbocycles. The molecule has 1 aliphatic rings. The van der Waals surface area contributed by atoms with Gasteiger partial charge in [-0.1, -0.05) is 30.3 Å². The van der Waals surface area contributed by atoms with E-state index in [4.69, 9.17) is 16.3 Å². The Balaban J connectivity index is 1.60. The van der Waals surface area contributed by atoms with E-state index in [1.54, 1.807) is 18.1 Å². The highest BCUT2D eigenvalue weighted by atomic mass is 35.5. The minimum absolute atomic E-state index is 0.221. The molecular weight excluding hydrogens is 370 g/mol. The summed E-state index contributed by atoms with van der Waals surface area (Å²) in [5, 5.41) is 1.06. The van der Waals surface area contributed by atoms with E-state index in [9.17, 15) is 0 Å². The highest BCUT2D eigenvalue weighted by Crippen LogP contribution is 2.30. The maximum absolute atomic E-state index is 6.20. The predicted octanol–water partition coefficient (Wildman–Crippen LogP) is 3.24. The molecule has 4 rings (SSSR count). The molecule has 26 heavy (non-hydrogen) atoms. The van der Waals surface area contributed by atoms with Crippen molar-refractivity contribution >= 4 is 40.2 Å². The molecule has 0 aliphatic carbocycles. The predicted molar refractivity (Wildman–Crippen MR) is 104 cm³/mol. The normalized spacial score (nSPS) is 14.7. The second-order valence-corrected chi connectivity index (χ2v) is 7.30. The van der Waals surface area contributed by atoms with Crippen LogP contribution >= 0.6 is 23.4 Å². The van der Waals surface area contributed by atoms with Gasteiger partial charge in [-0.3, -0.25) is 0 Å². The summed E-state index contributed by atoms with van der Waals surface area (Å²) >= 11 is 7.87. The number of anilines is 1. The Labute approximate surface area is 161 Å². The van der Waals surface area contributed by atoms with E-state index in [0.717, 1.165) is 41.6 Å². The molecule has 0 N–H and O–H groups in total. The SMILES string of the molecule is Clc1nc(N2CCOCC2)c2ncnc(SCCc3ccccc3)c2n1. The number of benzene rings is 1. The number of hydrogen-bond acceptors (Lipinski definition) is 7. The number of aryl methyl sites for hydroxylation is 1. The maximum atomic E-state index is 6.20. The monoisotopic (exact) mass is 387 g/mol. The smallest absolute Gasteiger partial charge is 0.225 e. The molecule has 8 heteroatoms. The third-order valence-corrected chi connectivity index (χ3v) is 5.34. The van der Waals surface area contributed by atoms with Crippen molar-refractivity contribution in [2.75, 3.05) is 37.0 Å². The van der Waals surface area contributed by atoms with Gasteiger partial charge in [-0.2, -0.15) is 4.98 Å². The molecule has 0 saturated carbocycles. The van der Waals surface area contributed by atoms with Crippen molar-refractivity contribution < 1.29 is 4.74 Å². The van der Waals surface area contributed by atoms with Crippen molar-refractivity contribution in [2.45, 2.75) is 11.4 Å². The van der Waals surface area contributed by atoms with Crippen molar-refractivity contribution in [3.63, 3.8) is 0 Å². The zero-order valence-electron chi connectivity index (χ0n) is 14.1. The quantitative estimate of drug-likeness (QED) is 0.378. The lowest BCUT2D eigenvalue weighted by atomic mass is 10.2. The van der Waals surface area contributed by atoms with Crippen LogP contribution in [0.2, 0.25) is 5.28 Å². The number of thioether (sulfide) groups is 1. The molecular formula is C18H18ClN5OS. The summed E-state index contributed by atoms with van der Waals surface area (Å²) in [6, 6.07) is 10.4. The van der Waals surface area contributed by atoms with Gasteiger partial charge in [-0.15, -0.1) is 11.8 Å². The van der Waals surface area contributed by atoms with E-state index in [0.29, 0.717) is 18.7 Å². The number of fused-ring (bicyclic) bond motifs is 1. The summed E-state index contributed by atoms with van der Waals surface area (Å²) in [5.74, 6) is 1.67. The fraction of sp³-hybridized carbons (Fsp3) is 0.333. The molecule has 0 spiro atoms. The van der Waals surface area contributed by atoms with E-state index in [1.807, 2.05) is 6.07 Å². The van der Waals surface area contributed by atoms with Gasteiger partial charge in [0.25, 0.3) is 0 Å². The summed E-state index contributed by atoms with van der Waals surface area (Å²) in [6.07, 6.45) is 2.54. The van der Waals surface area contributed by atoms with Crippen molar-refractivity contribution in [3.05, 3.63) is 47.5 Å². The summed E-state index contributed by atoms with van der Waals surface area (Å²) in [6.45, 7) is 2.88. The molecule has 1 aliphatic heterocycles. The van der Waals surface area contributed by atoms with Crippen LogP contribution in [-0.2, 0) is 11.2 Å². The van der Waals surface area contributed by atoms with E-state index < -0.39 is 0 Å². The van der Waals surface area contributed by atoms with E-state index in [2.05, 4.69) is 49.1 Å². The lowest BCUT2D eigenvalue weighted by Crippen LogP contribution is -2.37. The minimum Gasteiger partial charge on any atom is -0.378 e. The highest BCUT2D eigenvalue weighted by molar-refractivity contribution is 7.99. The molecule has 0 radical (unpaired) electrons. The molecule has 0 atom stereocenters. The molecule has 0 amide bonds. The van der Waals surface area contributed by atoms with Crippen LogP contribution in [0.1, 0.15) is 5.56 Å². The van der Waals surface area contributed by atoms with Crippen LogP contribution in [0, 0.1) is 0 Å². The van der Waals surface area contributed by atoms with Crippen LogP contribution in [0.5, 0.6) is 0 Å². The zero-order chi connectivity index (χ0) is 17.8. The fourth-order valence-electron chi connectivity index (χ4n) is 2.90. The first-order chi connectivity index (χ1) is 12.8. The zero-order valence-corrected chi connectivity index (χ0v) is 15.7. The summed E-state index contributed by atoms with van der Waals surface area (Å²) in [7, 11) is 0. The van der Waals surface area contributed by atoms with Gasteiger partial charge in [-0.25, -0.2) is 15.0 Å². The number of rotatable bonds is 5. The standard InChI is InChI=1S/C18H18ClN5OS/c19-18-22-15-14(16(23-18)24-7-9-25-10-8-24)20-12-21-17(15)26-11-6-13-4-2-1-3-5-13/h1-5,12H,6-11H2. The van der Waals surface area contributed by atoms with Gasteiger partial charge in [0.05, 0.1) is 13.2 Å². The second kappa shape index (κ2) is 8.16. The van der Waals surface area contributed by atoms with E-state index in [-0.39, 0.29) is 5.28 Å². The van der Waals surface area contributed by atoms with E-state index >= 15 is 0 Å². The van der Waals surface area contributed by atoms with E-state index in [1.165, 1.54) is 5.56 Å². The lowest BCUT2D eigenvalue weighted by molar-refractivity contribution is 0.122. The van der Waals surface area contributed by atoms with Crippen LogP contribution in [0.15, 0.2) is 41.7 Å². The van der Waals surface area contributed by atoms with Crippen molar-refractivity contribution in [2.24, 2.45) is 0 Å². The Morgan fingerprint density at radius 3 is 2.65 bits per heavy atom. The number of halogens is 1. The van der Waals surface area contributed by atoms with Crippen LogP contribution in [0.3, 0.4) is 0 Å². The minimum atomic E-state index is 0.221. The van der Waals surface area contributed by atoms with Gasteiger partial charge in [0.2, 0.25) is 5.28 Å². The van der Waals surface area contributed by atoms with Gasteiger partial charge in [0.15, 0.2) is 5.82 Å². The number of morpholine rings is 1. The molecule has 6 nitrogen and oxygen atoms in total. The average molecular weight is 388 g/mol. The molecule has 1 saturated heterocycles. The van der Waals surface area contributed by atoms with Crippen LogP contribution in [-0.4, -0.2) is 52.0 Å². The largest absolute Gasteiger partial charge is 0.378 e. The van der Waals surface area contributed by atoms with Gasteiger partial charge in [0, 0.05) is 18.8 Å². The Hall–Kier alpha value is -1.96. The number of aromatic nitrogens is 4. The summed E-state index contributed by atoms with van der Waals surface area (Å²) in [4.78, 5) is 19.8.